The highest BCUT2D eigenvalue weighted by Crippen LogP contribution is 2.24. The fraction of sp³-hybridized carbons (Fsp3) is 0.565. The van der Waals surface area contributed by atoms with E-state index in [1.165, 1.54) is 24.8 Å². The SMILES string of the molecule is CCCCCCNC(=O)Cc1csc(-c2ccc(CN3CCN(C)CC3)cc2)n1. The number of nitrogens with one attached hydrogen (secondary N) is 1. The standard InChI is InChI=1S/C23H34N4OS/c1-3-4-5-6-11-24-22(28)16-21-18-29-23(25-21)20-9-7-19(8-10-20)17-27-14-12-26(2)13-15-27/h7-10,18H,3-6,11-17H2,1-2H3,(H,24,28). The van der Waals surface area contributed by atoms with E-state index in [4.69, 9.17) is 0 Å². The zero-order valence-electron chi connectivity index (χ0n) is 17.8. The fourth-order valence-corrected chi connectivity index (χ4v) is 4.37. The first-order chi connectivity index (χ1) is 14.1. The summed E-state index contributed by atoms with van der Waals surface area (Å²) >= 11 is 1.61. The smallest absolute Gasteiger partial charge is 0.226 e. The maximum atomic E-state index is 12.1. The molecule has 1 saturated heterocycles. The number of amides is 1. The Kier molecular flexibility index (Phi) is 8.65. The minimum Gasteiger partial charge on any atom is -0.356 e. The predicted molar refractivity (Wildman–Crippen MR) is 121 cm³/mol. The first-order valence-electron chi connectivity index (χ1n) is 10.9. The van der Waals surface area contributed by atoms with Crippen LogP contribution in [0.25, 0.3) is 10.6 Å². The Morgan fingerprint density at radius 3 is 2.59 bits per heavy atom. The van der Waals surface area contributed by atoms with Gasteiger partial charge in [-0.2, -0.15) is 0 Å². The molecule has 1 fully saturated rings. The summed E-state index contributed by atoms with van der Waals surface area (Å²) in [6.07, 6.45) is 5.06. The van der Waals surface area contributed by atoms with Crippen LogP contribution in [0.3, 0.4) is 0 Å². The minimum absolute atomic E-state index is 0.0703. The number of thiazole rings is 1. The van der Waals surface area contributed by atoms with E-state index in [1.54, 1.807) is 11.3 Å². The van der Waals surface area contributed by atoms with Crippen molar-refractivity contribution in [2.45, 2.75) is 45.6 Å². The molecule has 158 valence electrons. The Morgan fingerprint density at radius 2 is 1.86 bits per heavy atom. The lowest BCUT2D eigenvalue weighted by atomic mass is 10.1. The van der Waals surface area contributed by atoms with Crippen LogP contribution in [0.4, 0.5) is 0 Å². The van der Waals surface area contributed by atoms with Gasteiger partial charge in [0.2, 0.25) is 5.91 Å². The number of piperazine rings is 1. The highest BCUT2D eigenvalue weighted by molar-refractivity contribution is 7.13. The summed E-state index contributed by atoms with van der Waals surface area (Å²) in [6.45, 7) is 8.53. The number of hydrogen-bond acceptors (Lipinski definition) is 5. The Bertz CT molecular complexity index is 750. The van der Waals surface area contributed by atoms with E-state index in [0.717, 1.165) is 62.0 Å². The zero-order valence-corrected chi connectivity index (χ0v) is 18.6. The second-order valence-corrected chi connectivity index (χ2v) is 8.87. The highest BCUT2D eigenvalue weighted by Gasteiger charge is 2.14. The van der Waals surface area contributed by atoms with Gasteiger partial charge >= 0.3 is 0 Å². The molecule has 0 saturated carbocycles. The normalized spacial score (nSPS) is 15.5. The predicted octanol–water partition coefficient (Wildman–Crippen LogP) is 3.80. The first-order valence-corrected chi connectivity index (χ1v) is 11.7. The van der Waals surface area contributed by atoms with E-state index >= 15 is 0 Å². The van der Waals surface area contributed by atoms with Crippen LogP contribution in [0.2, 0.25) is 0 Å². The Hall–Kier alpha value is -1.76. The molecule has 1 amide bonds. The molecule has 1 aliphatic heterocycles. The number of benzene rings is 1. The van der Waals surface area contributed by atoms with Gasteiger partial charge in [-0.1, -0.05) is 50.5 Å². The number of carbonyl (C=O) groups is 1. The largest absolute Gasteiger partial charge is 0.356 e. The van der Waals surface area contributed by atoms with E-state index in [-0.39, 0.29) is 5.91 Å². The van der Waals surface area contributed by atoms with Gasteiger partial charge < -0.3 is 10.2 Å². The van der Waals surface area contributed by atoms with Gasteiger partial charge in [-0.05, 0) is 19.0 Å². The molecule has 2 heterocycles. The number of nitrogens with zero attached hydrogens (tertiary/aromatic N) is 3. The summed E-state index contributed by atoms with van der Waals surface area (Å²) in [5.41, 5.74) is 3.33. The van der Waals surface area contributed by atoms with Gasteiger partial charge in [0, 0.05) is 50.2 Å². The van der Waals surface area contributed by atoms with Crippen LogP contribution in [-0.2, 0) is 17.8 Å². The molecule has 1 N–H and O–H groups in total. The molecular formula is C23H34N4OS. The van der Waals surface area contributed by atoms with Crippen molar-refractivity contribution in [3.63, 3.8) is 0 Å². The summed E-state index contributed by atoms with van der Waals surface area (Å²) in [4.78, 5) is 21.7. The van der Waals surface area contributed by atoms with Crippen molar-refractivity contribution in [2.75, 3.05) is 39.8 Å². The van der Waals surface area contributed by atoms with Crippen molar-refractivity contribution in [3.8, 4) is 10.6 Å². The molecule has 1 aliphatic rings. The molecule has 5 nitrogen and oxygen atoms in total. The van der Waals surface area contributed by atoms with Gasteiger partial charge in [0.15, 0.2) is 0 Å². The van der Waals surface area contributed by atoms with Crippen LogP contribution in [0, 0.1) is 0 Å². The van der Waals surface area contributed by atoms with Gasteiger partial charge in [-0.3, -0.25) is 9.69 Å². The maximum Gasteiger partial charge on any atom is 0.226 e. The molecule has 0 spiro atoms. The molecule has 0 bridgehead atoms. The number of aromatic nitrogens is 1. The number of carbonyl (C=O) groups excluding carboxylic acids is 1. The molecule has 1 aromatic heterocycles. The van der Waals surface area contributed by atoms with Crippen molar-refractivity contribution in [3.05, 3.63) is 40.9 Å². The number of hydrogen-bond donors (Lipinski definition) is 1. The maximum absolute atomic E-state index is 12.1. The van der Waals surface area contributed by atoms with E-state index in [1.807, 2.05) is 5.38 Å². The number of unbranched alkanes of at least 4 members (excludes halogenated alkanes) is 3. The highest BCUT2D eigenvalue weighted by atomic mass is 32.1. The Morgan fingerprint density at radius 1 is 1.10 bits per heavy atom. The molecule has 2 aromatic rings. The van der Waals surface area contributed by atoms with Crippen LogP contribution in [0.5, 0.6) is 0 Å². The summed E-state index contributed by atoms with van der Waals surface area (Å²) in [5, 5.41) is 6.00. The van der Waals surface area contributed by atoms with Crippen LogP contribution >= 0.6 is 11.3 Å². The summed E-state index contributed by atoms with van der Waals surface area (Å²) in [6, 6.07) is 8.72. The van der Waals surface area contributed by atoms with Crippen molar-refractivity contribution in [1.82, 2.24) is 20.1 Å². The van der Waals surface area contributed by atoms with Gasteiger partial charge in [0.1, 0.15) is 5.01 Å². The molecule has 0 atom stereocenters. The van der Waals surface area contributed by atoms with Crippen molar-refractivity contribution in [2.24, 2.45) is 0 Å². The summed E-state index contributed by atoms with van der Waals surface area (Å²) < 4.78 is 0. The molecular weight excluding hydrogens is 380 g/mol. The molecule has 0 unspecified atom stereocenters. The van der Waals surface area contributed by atoms with E-state index in [0.29, 0.717) is 6.42 Å². The molecule has 6 heteroatoms. The van der Waals surface area contributed by atoms with E-state index in [2.05, 4.69) is 58.3 Å². The number of rotatable bonds is 10. The third kappa shape index (κ3) is 7.21. The van der Waals surface area contributed by atoms with Gasteiger partial charge in [0.25, 0.3) is 0 Å². The van der Waals surface area contributed by atoms with Crippen LogP contribution in [0.15, 0.2) is 29.6 Å². The van der Waals surface area contributed by atoms with E-state index in [9.17, 15) is 4.79 Å². The number of likely N-dealkylation sites (N-methyl/N-ethyl adjacent to an activating group) is 1. The summed E-state index contributed by atoms with van der Waals surface area (Å²) in [7, 11) is 2.19. The lowest BCUT2D eigenvalue weighted by Crippen LogP contribution is -2.43. The second-order valence-electron chi connectivity index (χ2n) is 8.01. The van der Waals surface area contributed by atoms with Crippen molar-refractivity contribution in [1.29, 1.82) is 0 Å². The monoisotopic (exact) mass is 414 g/mol. The molecule has 29 heavy (non-hydrogen) atoms. The average molecular weight is 415 g/mol. The van der Waals surface area contributed by atoms with Crippen LogP contribution < -0.4 is 5.32 Å². The molecule has 0 radical (unpaired) electrons. The van der Waals surface area contributed by atoms with Gasteiger partial charge in [0.05, 0.1) is 12.1 Å². The minimum atomic E-state index is 0.0703. The molecule has 1 aromatic carbocycles. The van der Waals surface area contributed by atoms with Gasteiger partial charge in [-0.25, -0.2) is 4.98 Å². The van der Waals surface area contributed by atoms with Crippen LogP contribution in [0.1, 0.15) is 43.9 Å². The summed E-state index contributed by atoms with van der Waals surface area (Å²) in [5.74, 6) is 0.0703. The molecule has 0 aliphatic carbocycles. The quantitative estimate of drug-likeness (QED) is 0.601. The fourth-order valence-electron chi connectivity index (χ4n) is 3.54. The lowest BCUT2D eigenvalue weighted by molar-refractivity contribution is -0.120. The second kappa shape index (κ2) is 11.4. The molecule has 3 rings (SSSR count). The third-order valence-corrected chi connectivity index (χ3v) is 6.39. The average Bonchev–Trinajstić information content (AvgIpc) is 3.18. The topological polar surface area (TPSA) is 48.5 Å². The van der Waals surface area contributed by atoms with E-state index < -0.39 is 0 Å². The Labute approximate surface area is 179 Å². The Balaban J connectivity index is 1.46. The van der Waals surface area contributed by atoms with Crippen molar-refractivity contribution < 1.29 is 4.79 Å². The van der Waals surface area contributed by atoms with Crippen molar-refractivity contribution >= 4 is 17.2 Å². The lowest BCUT2D eigenvalue weighted by Gasteiger charge is -2.32. The third-order valence-electron chi connectivity index (χ3n) is 5.45. The first kappa shape index (κ1) is 21.9. The van der Waals surface area contributed by atoms with Crippen LogP contribution in [-0.4, -0.2) is 60.5 Å². The van der Waals surface area contributed by atoms with Gasteiger partial charge in [-0.15, -0.1) is 11.3 Å². The zero-order chi connectivity index (χ0) is 20.5.